The van der Waals surface area contributed by atoms with Gasteiger partial charge in [-0.3, -0.25) is 4.90 Å². The molecule has 0 aliphatic carbocycles. The first-order chi connectivity index (χ1) is 9.99. The highest BCUT2D eigenvalue weighted by molar-refractivity contribution is 5.96. The Hall–Kier alpha value is -2.77. The van der Waals surface area contributed by atoms with E-state index in [0.717, 1.165) is 17.7 Å². The lowest BCUT2D eigenvalue weighted by atomic mass is 10.1. The quantitative estimate of drug-likeness (QED) is 0.454. The average molecular weight is 289 g/mol. The predicted octanol–water partition coefficient (Wildman–Crippen LogP) is 0.134. The highest BCUT2D eigenvalue weighted by Gasteiger charge is 2.21. The molecule has 0 bridgehead atoms. The molecule has 0 saturated carbocycles. The Balaban J connectivity index is 2.36. The second-order valence-electron chi connectivity index (χ2n) is 4.67. The maximum Gasteiger partial charge on any atom is 0.321 e. The fourth-order valence-electron chi connectivity index (χ4n) is 2.17. The Morgan fingerprint density at radius 1 is 1.33 bits per heavy atom. The lowest BCUT2D eigenvalue weighted by molar-refractivity contribution is 0.243. The van der Waals surface area contributed by atoms with Gasteiger partial charge in [0.1, 0.15) is 0 Å². The molecule has 0 unspecified atom stereocenters. The number of benzene rings is 1. The van der Waals surface area contributed by atoms with Crippen molar-refractivity contribution in [3.63, 3.8) is 0 Å². The van der Waals surface area contributed by atoms with Gasteiger partial charge < -0.3 is 22.5 Å². The van der Waals surface area contributed by atoms with Crippen LogP contribution in [0.15, 0.2) is 28.2 Å². The first kappa shape index (κ1) is 14.6. The maximum absolute atomic E-state index is 11.9. The molecule has 1 saturated heterocycles. The lowest BCUT2D eigenvalue weighted by Crippen LogP contribution is -2.46. The van der Waals surface area contributed by atoms with E-state index in [1.165, 1.54) is 0 Å². The number of carbonyl (C=O) groups excluding carboxylic acids is 1. The Labute approximate surface area is 122 Å². The molecule has 1 fully saturated rings. The molecule has 0 aromatic heterocycles. The van der Waals surface area contributed by atoms with Crippen molar-refractivity contribution >= 4 is 29.3 Å². The standard InChI is InChI=1S/C13H19N7O/c1-8-9(18-12(16)19-11(14)15)4-2-5-10(8)20-7-3-6-17-13(20)21/h2,4-5H,3,6-7H2,1H3,(H,17,21)(H6,14,15,16,18,19). The molecule has 8 nitrogen and oxygen atoms in total. The van der Waals surface area contributed by atoms with Crippen LogP contribution in [-0.4, -0.2) is 31.0 Å². The van der Waals surface area contributed by atoms with Gasteiger partial charge in [-0.25, -0.2) is 9.79 Å². The number of urea groups is 1. The van der Waals surface area contributed by atoms with Crippen molar-refractivity contribution in [1.82, 2.24) is 5.32 Å². The number of guanidine groups is 2. The van der Waals surface area contributed by atoms with Crippen molar-refractivity contribution in [2.24, 2.45) is 27.2 Å². The summed E-state index contributed by atoms with van der Waals surface area (Å²) >= 11 is 0. The van der Waals surface area contributed by atoms with E-state index in [4.69, 9.17) is 17.2 Å². The number of hydrogen-bond donors (Lipinski definition) is 4. The predicted molar refractivity (Wildman–Crippen MR) is 83.6 cm³/mol. The number of nitrogens with two attached hydrogens (primary N) is 3. The smallest absolute Gasteiger partial charge is 0.321 e. The molecule has 2 rings (SSSR count). The van der Waals surface area contributed by atoms with E-state index >= 15 is 0 Å². The molecule has 8 heteroatoms. The topological polar surface area (TPSA) is 135 Å². The van der Waals surface area contributed by atoms with Gasteiger partial charge in [0.05, 0.1) is 11.4 Å². The van der Waals surface area contributed by atoms with E-state index in [2.05, 4.69) is 15.3 Å². The molecule has 1 aromatic carbocycles. The molecule has 0 atom stereocenters. The van der Waals surface area contributed by atoms with Crippen LogP contribution < -0.4 is 27.4 Å². The number of amides is 2. The van der Waals surface area contributed by atoms with E-state index < -0.39 is 0 Å². The highest BCUT2D eigenvalue weighted by atomic mass is 16.2. The van der Waals surface area contributed by atoms with Crippen molar-refractivity contribution in [1.29, 1.82) is 0 Å². The van der Waals surface area contributed by atoms with Gasteiger partial charge in [0.2, 0.25) is 5.96 Å². The first-order valence-corrected chi connectivity index (χ1v) is 6.58. The van der Waals surface area contributed by atoms with Crippen LogP contribution >= 0.6 is 0 Å². The molecule has 1 aliphatic heterocycles. The molecule has 1 aromatic rings. The van der Waals surface area contributed by atoms with Gasteiger partial charge in [-0.15, -0.1) is 0 Å². The number of aliphatic imine (C=N–C) groups is 2. The fourth-order valence-corrected chi connectivity index (χ4v) is 2.17. The minimum atomic E-state index is -0.152. The molecule has 1 heterocycles. The maximum atomic E-state index is 11.9. The number of nitrogens with one attached hydrogen (secondary N) is 1. The summed E-state index contributed by atoms with van der Waals surface area (Å²) in [7, 11) is 0. The molecule has 21 heavy (non-hydrogen) atoms. The Kier molecular flexibility index (Phi) is 4.27. The second kappa shape index (κ2) is 6.12. The minimum absolute atomic E-state index is 0.0293. The SMILES string of the molecule is Cc1c(N=C(N)N=C(N)N)cccc1N1CCCNC1=O. The van der Waals surface area contributed by atoms with Gasteiger partial charge in [-0.2, -0.15) is 4.99 Å². The van der Waals surface area contributed by atoms with Crippen LogP contribution in [0, 0.1) is 6.92 Å². The van der Waals surface area contributed by atoms with Gasteiger partial charge in [0, 0.05) is 13.1 Å². The Morgan fingerprint density at radius 3 is 2.76 bits per heavy atom. The van der Waals surface area contributed by atoms with Crippen molar-refractivity contribution in [2.45, 2.75) is 13.3 Å². The van der Waals surface area contributed by atoms with E-state index in [0.29, 0.717) is 18.8 Å². The number of anilines is 1. The Bertz CT molecular complexity index is 605. The van der Waals surface area contributed by atoms with Crippen LogP contribution in [0.2, 0.25) is 0 Å². The molecule has 2 amide bonds. The van der Waals surface area contributed by atoms with Crippen LogP contribution in [-0.2, 0) is 0 Å². The summed E-state index contributed by atoms with van der Waals surface area (Å²) in [6.45, 7) is 3.24. The van der Waals surface area contributed by atoms with Gasteiger partial charge >= 0.3 is 6.03 Å². The second-order valence-corrected chi connectivity index (χ2v) is 4.67. The van der Waals surface area contributed by atoms with Gasteiger partial charge in [0.25, 0.3) is 0 Å². The number of nitrogens with zero attached hydrogens (tertiary/aromatic N) is 3. The molecule has 7 N–H and O–H groups in total. The third kappa shape index (κ3) is 3.41. The zero-order valence-corrected chi connectivity index (χ0v) is 11.8. The number of hydrogen-bond acceptors (Lipinski definition) is 2. The summed E-state index contributed by atoms with van der Waals surface area (Å²) in [4.78, 5) is 21.5. The van der Waals surface area contributed by atoms with Gasteiger partial charge in [-0.05, 0) is 31.0 Å². The normalized spacial score (nSPS) is 15.6. The van der Waals surface area contributed by atoms with Crippen molar-refractivity contribution in [3.8, 4) is 0 Å². The van der Waals surface area contributed by atoms with E-state index in [-0.39, 0.29) is 18.0 Å². The van der Waals surface area contributed by atoms with Gasteiger partial charge in [0.15, 0.2) is 5.96 Å². The lowest BCUT2D eigenvalue weighted by Gasteiger charge is -2.29. The third-order valence-corrected chi connectivity index (χ3v) is 3.13. The summed E-state index contributed by atoms with van der Waals surface area (Å²) in [6.07, 6.45) is 0.898. The monoisotopic (exact) mass is 289 g/mol. The fraction of sp³-hybridized carbons (Fsp3) is 0.308. The molecular weight excluding hydrogens is 270 g/mol. The van der Waals surface area contributed by atoms with E-state index in [1.807, 2.05) is 19.1 Å². The van der Waals surface area contributed by atoms with Crippen molar-refractivity contribution in [2.75, 3.05) is 18.0 Å². The summed E-state index contributed by atoms with van der Waals surface area (Å²) in [5.41, 5.74) is 18.4. The van der Waals surface area contributed by atoms with Gasteiger partial charge in [-0.1, -0.05) is 6.07 Å². The molecule has 112 valence electrons. The summed E-state index contributed by atoms with van der Waals surface area (Å²) in [5.74, 6) is -0.182. The number of rotatable bonds is 2. The average Bonchev–Trinajstić information content (AvgIpc) is 2.41. The minimum Gasteiger partial charge on any atom is -0.370 e. The van der Waals surface area contributed by atoms with Crippen LogP contribution in [0.5, 0.6) is 0 Å². The van der Waals surface area contributed by atoms with Crippen LogP contribution in [0.4, 0.5) is 16.2 Å². The molecule has 0 spiro atoms. The zero-order chi connectivity index (χ0) is 15.4. The van der Waals surface area contributed by atoms with Crippen LogP contribution in [0.25, 0.3) is 0 Å². The summed E-state index contributed by atoms with van der Waals surface area (Å²) in [5, 5.41) is 2.82. The highest BCUT2D eigenvalue weighted by Crippen LogP contribution is 2.29. The first-order valence-electron chi connectivity index (χ1n) is 6.58. The van der Waals surface area contributed by atoms with E-state index in [9.17, 15) is 4.79 Å². The number of carbonyl (C=O) groups is 1. The molecular formula is C13H19N7O. The largest absolute Gasteiger partial charge is 0.370 e. The van der Waals surface area contributed by atoms with Crippen LogP contribution in [0.3, 0.4) is 0 Å². The third-order valence-electron chi connectivity index (χ3n) is 3.13. The summed E-state index contributed by atoms with van der Waals surface area (Å²) < 4.78 is 0. The molecule has 1 aliphatic rings. The zero-order valence-electron chi connectivity index (χ0n) is 11.8. The Morgan fingerprint density at radius 2 is 2.10 bits per heavy atom. The van der Waals surface area contributed by atoms with Crippen molar-refractivity contribution < 1.29 is 4.79 Å². The van der Waals surface area contributed by atoms with E-state index in [1.54, 1.807) is 11.0 Å². The molecule has 0 radical (unpaired) electrons. The van der Waals surface area contributed by atoms with Crippen LogP contribution in [0.1, 0.15) is 12.0 Å². The summed E-state index contributed by atoms with van der Waals surface area (Å²) in [6, 6.07) is 5.36. The van der Waals surface area contributed by atoms with Crippen molar-refractivity contribution in [3.05, 3.63) is 23.8 Å².